The summed E-state index contributed by atoms with van der Waals surface area (Å²) in [6, 6.07) is 18.7. The van der Waals surface area contributed by atoms with E-state index in [0.29, 0.717) is 26.7 Å². The lowest BCUT2D eigenvalue weighted by atomic mass is 9.90. The zero-order valence-electron chi connectivity index (χ0n) is 23.0. The number of amides is 2. The van der Waals surface area contributed by atoms with Crippen molar-refractivity contribution < 1.29 is 40.1 Å². The minimum absolute atomic E-state index is 0.0259. The van der Waals surface area contributed by atoms with Crippen LogP contribution in [0.25, 0.3) is 11.1 Å². The zero-order valence-corrected chi connectivity index (χ0v) is 25.4. The number of carbonyl (C=O) groups is 2. The second-order valence-corrected chi connectivity index (χ2v) is 12.3. The van der Waals surface area contributed by atoms with Crippen molar-refractivity contribution in [3.8, 4) is 11.1 Å². The smallest absolute Gasteiger partial charge is 0.351 e. The Bertz CT molecular complexity index is 1820. The molecule has 0 saturated carbocycles. The molecule has 0 spiro atoms. The molecule has 3 N–H and O–H groups in total. The van der Waals surface area contributed by atoms with E-state index in [2.05, 4.69) is 10.6 Å². The summed E-state index contributed by atoms with van der Waals surface area (Å²) >= 11 is 12.2. The summed E-state index contributed by atoms with van der Waals surface area (Å²) in [4.78, 5) is 25.8. The molecule has 1 unspecified atom stereocenters. The molecule has 4 aromatic carbocycles. The van der Waals surface area contributed by atoms with Gasteiger partial charge in [-0.2, -0.15) is 21.6 Å². The lowest BCUT2D eigenvalue weighted by molar-refractivity contribution is -0.137. The van der Waals surface area contributed by atoms with Crippen molar-refractivity contribution in [3.05, 3.63) is 123 Å². The summed E-state index contributed by atoms with van der Waals surface area (Å²) in [6.45, 7) is -0.320. The Morgan fingerprint density at radius 1 is 0.889 bits per heavy atom. The molecule has 0 bridgehead atoms. The van der Waals surface area contributed by atoms with E-state index in [4.69, 9.17) is 27.8 Å². The molecule has 45 heavy (non-hydrogen) atoms. The second kappa shape index (κ2) is 14.0. The molecular weight excluding hydrogens is 659 g/mol. The first-order chi connectivity index (χ1) is 21.1. The molecule has 0 saturated heterocycles. The molecular formula is C31H24Cl2F4N2O5S. The Labute approximate surface area is 265 Å². The van der Waals surface area contributed by atoms with Crippen molar-refractivity contribution in [2.24, 2.45) is 0 Å². The number of hydrogen-bond acceptors (Lipinski definition) is 4. The van der Waals surface area contributed by atoms with Crippen molar-refractivity contribution in [1.29, 1.82) is 0 Å². The van der Waals surface area contributed by atoms with Crippen molar-refractivity contribution in [2.75, 3.05) is 17.6 Å². The van der Waals surface area contributed by atoms with E-state index in [-0.39, 0.29) is 29.8 Å². The fraction of sp³-hybridized carbons (Fsp3) is 0.161. The predicted octanol–water partition coefficient (Wildman–Crippen LogP) is 7.40. The van der Waals surface area contributed by atoms with Crippen LogP contribution in [0.1, 0.15) is 33.0 Å². The number of carbonyl (C=O) groups excluding carboxylic acids is 2. The highest BCUT2D eigenvalue weighted by atomic mass is 35.5. The third kappa shape index (κ3) is 9.27. The third-order valence-electron chi connectivity index (χ3n) is 6.73. The van der Waals surface area contributed by atoms with E-state index < -0.39 is 51.2 Å². The zero-order chi connectivity index (χ0) is 32.9. The number of halogens is 6. The molecule has 14 heteroatoms. The average Bonchev–Trinajstić information content (AvgIpc) is 2.96. The normalized spacial score (nSPS) is 12.4. The molecule has 2 amide bonds. The van der Waals surface area contributed by atoms with Crippen LogP contribution < -0.4 is 10.6 Å². The van der Waals surface area contributed by atoms with E-state index in [1.165, 1.54) is 54.6 Å². The molecule has 7 nitrogen and oxygen atoms in total. The summed E-state index contributed by atoms with van der Waals surface area (Å²) in [7, 11) is -4.26. The van der Waals surface area contributed by atoms with Gasteiger partial charge in [0.25, 0.3) is 16.0 Å². The fourth-order valence-electron chi connectivity index (χ4n) is 4.42. The van der Waals surface area contributed by atoms with Crippen LogP contribution in [0.15, 0.2) is 84.9 Å². The van der Waals surface area contributed by atoms with Gasteiger partial charge in [-0.05, 0) is 71.6 Å². The molecule has 4 aromatic rings. The summed E-state index contributed by atoms with van der Waals surface area (Å²) in [5.41, 5.74) is 0.785. The molecule has 0 aliphatic rings. The van der Waals surface area contributed by atoms with Gasteiger partial charge in [0.15, 0.2) is 0 Å². The Hall–Kier alpha value is -3.97. The van der Waals surface area contributed by atoms with Crippen LogP contribution >= 0.6 is 23.2 Å². The molecule has 0 fully saturated rings. The summed E-state index contributed by atoms with van der Waals surface area (Å²) in [5, 5.41) is 5.56. The third-order valence-corrected chi connectivity index (χ3v) is 8.00. The van der Waals surface area contributed by atoms with E-state index in [0.717, 1.165) is 12.1 Å². The molecule has 1 atom stereocenters. The van der Waals surface area contributed by atoms with E-state index in [9.17, 15) is 31.2 Å². The van der Waals surface area contributed by atoms with Gasteiger partial charge >= 0.3 is 6.18 Å². The molecule has 236 valence electrons. The van der Waals surface area contributed by atoms with Crippen LogP contribution in [-0.2, 0) is 27.5 Å². The quantitative estimate of drug-likeness (QED) is 0.119. The van der Waals surface area contributed by atoms with Crippen LogP contribution in [0.2, 0.25) is 10.0 Å². The standard InChI is InChI=1S/C31H24Cl2F4N2O5S/c32-23-10-11-24(26(33)17-23)21-7-12-28(27(34)16-21)39-30(41)25(19-5-8-22(9-6-19)31(35,36)37)15-18-1-3-20(4-2-18)29(40)38-13-14-45(42,43)44/h1-12,16-17,25H,13-15H2,(H,38,40)(H,39,41)(H,42,43,44). The van der Waals surface area contributed by atoms with Crippen molar-refractivity contribution >= 4 is 50.8 Å². The maximum atomic E-state index is 15.2. The minimum Gasteiger partial charge on any atom is -0.351 e. The topological polar surface area (TPSA) is 113 Å². The highest BCUT2D eigenvalue weighted by Crippen LogP contribution is 2.34. The van der Waals surface area contributed by atoms with Gasteiger partial charge < -0.3 is 10.6 Å². The number of nitrogens with one attached hydrogen (secondary N) is 2. The summed E-state index contributed by atoms with van der Waals surface area (Å²) < 4.78 is 85.2. The maximum absolute atomic E-state index is 15.2. The number of benzene rings is 4. The monoisotopic (exact) mass is 682 g/mol. The lowest BCUT2D eigenvalue weighted by Crippen LogP contribution is -2.28. The first kappa shape index (κ1) is 33.9. The van der Waals surface area contributed by atoms with Crippen molar-refractivity contribution in [3.63, 3.8) is 0 Å². The first-order valence-corrected chi connectivity index (χ1v) is 15.5. The highest BCUT2D eigenvalue weighted by molar-refractivity contribution is 7.85. The fourth-order valence-corrected chi connectivity index (χ4v) is 5.29. The van der Waals surface area contributed by atoms with Crippen LogP contribution in [0.4, 0.5) is 23.2 Å². The number of alkyl halides is 3. The second-order valence-electron chi connectivity index (χ2n) is 9.92. The van der Waals surface area contributed by atoms with E-state index in [1.54, 1.807) is 18.2 Å². The van der Waals surface area contributed by atoms with E-state index >= 15 is 4.39 Å². The Morgan fingerprint density at radius 3 is 2.13 bits per heavy atom. The largest absolute Gasteiger partial charge is 0.416 e. The number of anilines is 1. The Balaban J connectivity index is 1.56. The minimum atomic E-state index is -4.59. The van der Waals surface area contributed by atoms with Crippen LogP contribution in [-0.4, -0.2) is 37.1 Å². The average molecular weight is 684 g/mol. The van der Waals surface area contributed by atoms with Gasteiger partial charge in [-0.15, -0.1) is 0 Å². The van der Waals surface area contributed by atoms with Gasteiger partial charge in [0.2, 0.25) is 5.91 Å². The van der Waals surface area contributed by atoms with Gasteiger partial charge in [-0.3, -0.25) is 14.1 Å². The van der Waals surface area contributed by atoms with Crippen LogP contribution in [0, 0.1) is 5.82 Å². The summed E-state index contributed by atoms with van der Waals surface area (Å²) in [5.74, 6) is -3.81. The molecule has 4 rings (SSSR count). The predicted molar refractivity (Wildman–Crippen MR) is 164 cm³/mol. The van der Waals surface area contributed by atoms with Gasteiger partial charge in [0, 0.05) is 27.7 Å². The Kier molecular flexibility index (Phi) is 10.5. The summed E-state index contributed by atoms with van der Waals surface area (Å²) in [6.07, 6.45) is -4.62. The molecule has 0 aliphatic carbocycles. The van der Waals surface area contributed by atoms with Crippen molar-refractivity contribution in [1.82, 2.24) is 5.32 Å². The van der Waals surface area contributed by atoms with E-state index in [1.807, 2.05) is 0 Å². The lowest BCUT2D eigenvalue weighted by Gasteiger charge is -2.19. The Morgan fingerprint density at radius 2 is 1.56 bits per heavy atom. The maximum Gasteiger partial charge on any atom is 0.416 e. The van der Waals surface area contributed by atoms with Crippen molar-refractivity contribution in [2.45, 2.75) is 18.5 Å². The number of rotatable bonds is 10. The molecule has 0 heterocycles. The first-order valence-electron chi connectivity index (χ1n) is 13.2. The van der Waals surface area contributed by atoms with Gasteiger partial charge in [0.05, 0.1) is 22.9 Å². The van der Waals surface area contributed by atoms with Gasteiger partial charge in [-0.25, -0.2) is 4.39 Å². The van der Waals surface area contributed by atoms with Gasteiger partial charge in [-0.1, -0.05) is 59.6 Å². The van der Waals surface area contributed by atoms with Crippen LogP contribution in [0.5, 0.6) is 0 Å². The van der Waals surface area contributed by atoms with Crippen LogP contribution in [0.3, 0.4) is 0 Å². The number of hydrogen-bond donors (Lipinski definition) is 3. The molecule has 0 aliphatic heterocycles. The SMILES string of the molecule is O=C(NCCS(=O)(=O)O)c1ccc(CC(C(=O)Nc2ccc(-c3ccc(Cl)cc3Cl)cc2F)c2ccc(C(F)(F)F)cc2)cc1. The van der Waals surface area contributed by atoms with Gasteiger partial charge in [0.1, 0.15) is 5.82 Å². The molecule has 0 aromatic heterocycles. The molecule has 0 radical (unpaired) electrons. The highest BCUT2D eigenvalue weighted by Gasteiger charge is 2.31.